The molecule has 1 aromatic heterocycles. The number of amides is 1. The van der Waals surface area contributed by atoms with Crippen LogP contribution in [0.15, 0.2) is 41.5 Å². The lowest BCUT2D eigenvalue weighted by molar-refractivity contribution is 0.0963. The van der Waals surface area contributed by atoms with Crippen LogP contribution >= 0.6 is 0 Å². The summed E-state index contributed by atoms with van der Waals surface area (Å²) in [5.74, 6) is 1.09. The van der Waals surface area contributed by atoms with Crippen LogP contribution in [0.2, 0.25) is 0 Å². The molecular formula is C29H43N7O. The van der Waals surface area contributed by atoms with Crippen LogP contribution in [-0.2, 0) is 11.8 Å². The highest BCUT2D eigenvalue weighted by Gasteiger charge is 2.47. The highest BCUT2D eigenvalue weighted by atomic mass is 16.1. The summed E-state index contributed by atoms with van der Waals surface area (Å²) in [5.41, 5.74) is 13.3. The molecule has 8 nitrogen and oxygen atoms in total. The third kappa shape index (κ3) is 5.70. The summed E-state index contributed by atoms with van der Waals surface area (Å²) in [6.45, 7) is 7.53. The molecule has 200 valence electrons. The molecule has 2 unspecified atom stereocenters. The van der Waals surface area contributed by atoms with Gasteiger partial charge >= 0.3 is 0 Å². The minimum Gasteiger partial charge on any atom is -0.355 e. The number of hydrogen-bond donors (Lipinski definition) is 4. The number of tetrazole rings is 1. The Morgan fingerprint density at radius 1 is 1.24 bits per heavy atom. The molecule has 37 heavy (non-hydrogen) atoms. The number of hydrogen-bond acceptors (Lipinski definition) is 6. The van der Waals surface area contributed by atoms with Crippen LogP contribution in [0.5, 0.6) is 0 Å². The Balaban J connectivity index is 1.86. The molecule has 0 spiro atoms. The second kappa shape index (κ2) is 12.1. The van der Waals surface area contributed by atoms with Crippen molar-refractivity contribution in [2.75, 3.05) is 20.6 Å². The number of aryl methyl sites for hydroxylation is 1. The number of carbonyl (C=O) groups excluding carboxylic acids is 1. The number of benzene rings is 1. The van der Waals surface area contributed by atoms with E-state index in [0.29, 0.717) is 17.3 Å². The third-order valence-electron chi connectivity index (χ3n) is 8.59. The first-order valence-electron chi connectivity index (χ1n) is 13.8. The molecule has 4 rings (SSSR count). The van der Waals surface area contributed by atoms with Crippen LogP contribution in [0.25, 0.3) is 0 Å². The number of fused-ring (bicyclic) bond motifs is 1. The van der Waals surface area contributed by atoms with Crippen LogP contribution in [0.1, 0.15) is 92.0 Å². The fraction of sp³-hybridized carbons (Fsp3) is 0.586. The number of H-pyrrole nitrogens is 1. The van der Waals surface area contributed by atoms with Gasteiger partial charge in [-0.25, -0.2) is 0 Å². The van der Waals surface area contributed by atoms with Gasteiger partial charge in [0.15, 0.2) is 5.82 Å². The van der Waals surface area contributed by atoms with E-state index in [0.717, 1.165) is 56.2 Å². The molecular weight excluding hydrogens is 462 g/mol. The number of aromatic amines is 1. The molecule has 1 saturated carbocycles. The molecule has 1 fully saturated rings. The summed E-state index contributed by atoms with van der Waals surface area (Å²) < 4.78 is 0. The lowest BCUT2D eigenvalue weighted by atomic mass is 9.65. The van der Waals surface area contributed by atoms with Gasteiger partial charge in [-0.15, -0.1) is 10.2 Å². The maximum Gasteiger partial charge on any atom is 0.251 e. The molecule has 8 heteroatoms. The largest absolute Gasteiger partial charge is 0.355 e. The molecule has 0 bridgehead atoms. The van der Waals surface area contributed by atoms with Crippen molar-refractivity contribution in [2.24, 2.45) is 11.7 Å². The number of aromatic nitrogens is 4. The quantitative estimate of drug-likeness (QED) is 0.343. The average Bonchev–Trinajstić information content (AvgIpc) is 3.63. The van der Waals surface area contributed by atoms with Gasteiger partial charge in [0.25, 0.3) is 5.91 Å². The Hall–Kier alpha value is -2.84. The topological polar surface area (TPSA) is 122 Å². The van der Waals surface area contributed by atoms with Crippen molar-refractivity contribution in [3.8, 4) is 0 Å². The number of rotatable bonds is 11. The van der Waals surface area contributed by atoms with Crippen LogP contribution in [0.4, 0.5) is 0 Å². The second-order valence-corrected chi connectivity index (χ2v) is 10.9. The van der Waals surface area contributed by atoms with Crippen LogP contribution < -0.4 is 16.4 Å². The number of carbonyl (C=O) groups is 1. The third-order valence-corrected chi connectivity index (χ3v) is 8.59. The van der Waals surface area contributed by atoms with E-state index < -0.39 is 5.41 Å². The highest BCUT2D eigenvalue weighted by Crippen LogP contribution is 2.50. The van der Waals surface area contributed by atoms with E-state index in [4.69, 9.17) is 5.73 Å². The van der Waals surface area contributed by atoms with Crippen LogP contribution in [0, 0.1) is 5.92 Å². The Morgan fingerprint density at radius 3 is 2.70 bits per heavy atom. The Bertz CT molecular complexity index is 1120. The average molecular weight is 506 g/mol. The summed E-state index contributed by atoms with van der Waals surface area (Å²) in [7, 11) is 3.64. The highest BCUT2D eigenvalue weighted by molar-refractivity contribution is 5.94. The summed E-state index contributed by atoms with van der Waals surface area (Å²) in [4.78, 5) is 12.5. The second-order valence-electron chi connectivity index (χ2n) is 10.9. The zero-order valence-electron chi connectivity index (χ0n) is 22.7. The zero-order valence-corrected chi connectivity index (χ0v) is 22.7. The van der Waals surface area contributed by atoms with Crippen molar-refractivity contribution in [3.63, 3.8) is 0 Å². The Labute approximate surface area is 221 Å². The smallest absolute Gasteiger partial charge is 0.251 e. The van der Waals surface area contributed by atoms with Gasteiger partial charge in [-0.1, -0.05) is 47.4 Å². The lowest BCUT2D eigenvalue weighted by Crippen LogP contribution is -2.42. The normalized spacial score (nSPS) is 21.0. The molecule has 5 N–H and O–H groups in total. The molecule has 1 heterocycles. The zero-order chi connectivity index (χ0) is 26.4. The van der Waals surface area contributed by atoms with Crippen molar-refractivity contribution < 1.29 is 4.79 Å². The van der Waals surface area contributed by atoms with E-state index in [9.17, 15) is 4.79 Å². The molecule has 0 radical (unpaired) electrons. The van der Waals surface area contributed by atoms with E-state index in [1.54, 1.807) is 7.05 Å². The SMILES string of the molecule is C=C(CCNC)CCC1=C(C)CCc2cc(C(=O)NC)ccc2C1(CC(N)C1CCCC1)c1nn[nH]n1. The van der Waals surface area contributed by atoms with E-state index >= 15 is 0 Å². The van der Waals surface area contributed by atoms with Crippen molar-refractivity contribution in [1.29, 1.82) is 0 Å². The van der Waals surface area contributed by atoms with Crippen molar-refractivity contribution in [2.45, 2.75) is 82.6 Å². The van der Waals surface area contributed by atoms with Crippen LogP contribution in [-0.4, -0.2) is 53.2 Å². The van der Waals surface area contributed by atoms with Gasteiger partial charge in [-0.2, -0.15) is 5.21 Å². The lowest BCUT2D eigenvalue weighted by Gasteiger charge is -2.39. The standard InChI is InChI=1S/C29H43N7O/c1-19(15-16-31-3)9-13-24-20(2)10-11-22-17-23(27(37)32-4)12-14-25(22)29(24,28-33-35-36-34-28)18-26(30)21-7-5-6-8-21/h12,14,17,21,26,31H,1,5-11,13,15-16,18,30H2,2-4H3,(H,32,37)(H,33,34,35,36). The fourth-order valence-electron chi connectivity index (χ4n) is 6.49. The Morgan fingerprint density at radius 2 is 2.03 bits per heavy atom. The number of nitrogens with two attached hydrogens (primary N) is 1. The Kier molecular flexibility index (Phi) is 8.92. The van der Waals surface area contributed by atoms with Gasteiger partial charge in [0.1, 0.15) is 0 Å². The van der Waals surface area contributed by atoms with E-state index in [2.05, 4.69) is 50.8 Å². The summed E-state index contributed by atoms with van der Waals surface area (Å²) >= 11 is 0. The van der Waals surface area contributed by atoms with Crippen LogP contribution in [0.3, 0.4) is 0 Å². The van der Waals surface area contributed by atoms with Gasteiger partial charge in [0.05, 0.1) is 5.41 Å². The fourth-order valence-corrected chi connectivity index (χ4v) is 6.49. The number of nitrogens with one attached hydrogen (secondary N) is 3. The molecule has 2 aliphatic rings. The molecule has 0 saturated heterocycles. The van der Waals surface area contributed by atoms with Gasteiger partial charge in [-0.05, 0) is 101 Å². The van der Waals surface area contributed by atoms with Crippen molar-refractivity contribution >= 4 is 5.91 Å². The molecule has 2 atom stereocenters. The predicted molar refractivity (Wildman–Crippen MR) is 147 cm³/mol. The first-order chi connectivity index (χ1) is 17.9. The van der Waals surface area contributed by atoms with Crippen molar-refractivity contribution in [3.05, 3.63) is 64.0 Å². The van der Waals surface area contributed by atoms with E-state index in [1.165, 1.54) is 42.4 Å². The van der Waals surface area contributed by atoms with Gasteiger partial charge < -0.3 is 16.4 Å². The first-order valence-corrected chi connectivity index (χ1v) is 13.8. The van der Waals surface area contributed by atoms with Gasteiger partial charge in [-0.3, -0.25) is 4.79 Å². The van der Waals surface area contributed by atoms with E-state index in [-0.39, 0.29) is 11.9 Å². The minimum absolute atomic E-state index is 0.0147. The predicted octanol–water partition coefficient (Wildman–Crippen LogP) is 3.96. The minimum atomic E-state index is -0.602. The maximum atomic E-state index is 12.5. The summed E-state index contributed by atoms with van der Waals surface area (Å²) in [6, 6.07) is 6.11. The summed E-state index contributed by atoms with van der Waals surface area (Å²) in [5, 5.41) is 22.0. The van der Waals surface area contributed by atoms with Gasteiger partial charge in [0, 0.05) is 18.7 Å². The van der Waals surface area contributed by atoms with Gasteiger partial charge in [0.2, 0.25) is 0 Å². The number of allylic oxidation sites excluding steroid dienone is 2. The monoisotopic (exact) mass is 505 g/mol. The number of nitrogens with zero attached hydrogens (tertiary/aromatic N) is 3. The first kappa shape index (κ1) is 27.2. The maximum absolute atomic E-state index is 12.5. The molecule has 2 aliphatic carbocycles. The van der Waals surface area contributed by atoms with E-state index in [1.807, 2.05) is 19.2 Å². The molecule has 2 aromatic rings. The molecule has 0 aliphatic heterocycles. The summed E-state index contributed by atoms with van der Waals surface area (Å²) in [6.07, 6.45) is 10.0. The van der Waals surface area contributed by atoms with Crippen molar-refractivity contribution in [1.82, 2.24) is 31.3 Å². The molecule has 1 aromatic carbocycles. The molecule has 1 amide bonds.